The molecule has 1 aromatic carbocycles. The van der Waals surface area contributed by atoms with Crippen LogP contribution in [0.3, 0.4) is 0 Å². The van der Waals surface area contributed by atoms with E-state index in [0.29, 0.717) is 22.7 Å². The van der Waals surface area contributed by atoms with Crippen molar-refractivity contribution in [1.82, 2.24) is 5.32 Å². The third kappa shape index (κ3) is 3.49. The van der Waals surface area contributed by atoms with Gasteiger partial charge in [-0.05, 0) is 44.4 Å². The summed E-state index contributed by atoms with van der Waals surface area (Å²) in [7, 11) is 0. The largest absolute Gasteiger partial charge is 0.462 e. The number of hydrogen-bond acceptors (Lipinski definition) is 4. The molecule has 2 aliphatic rings. The lowest BCUT2D eigenvalue weighted by molar-refractivity contribution is -0.151. The average molecular weight is 360 g/mol. The Hall–Kier alpha value is -2.07. The van der Waals surface area contributed by atoms with Crippen LogP contribution in [0.4, 0.5) is 0 Å². The smallest absolute Gasteiger partial charge is 0.316 e. The molecule has 0 spiro atoms. The highest BCUT2D eigenvalue weighted by molar-refractivity contribution is 6.30. The summed E-state index contributed by atoms with van der Waals surface area (Å²) in [6, 6.07) is 7.29. The zero-order valence-corrected chi connectivity index (χ0v) is 15.2. The molecule has 5 heteroatoms. The summed E-state index contributed by atoms with van der Waals surface area (Å²) < 4.78 is 5.45. The summed E-state index contributed by atoms with van der Waals surface area (Å²) in [6.07, 6.45) is 1.87. The van der Waals surface area contributed by atoms with Gasteiger partial charge in [-0.1, -0.05) is 30.3 Å². The second kappa shape index (κ2) is 7.04. The van der Waals surface area contributed by atoms with Crippen LogP contribution in [0.2, 0.25) is 5.02 Å². The number of carbonyl (C=O) groups excluding carboxylic acids is 2. The van der Waals surface area contributed by atoms with Gasteiger partial charge in [-0.2, -0.15) is 0 Å². The molecule has 1 aliphatic heterocycles. The molecule has 0 aromatic heterocycles. The molecule has 1 aromatic rings. The van der Waals surface area contributed by atoms with E-state index < -0.39 is 5.92 Å². The molecule has 0 fully saturated rings. The van der Waals surface area contributed by atoms with Gasteiger partial charge in [0.05, 0.1) is 6.10 Å². The molecule has 0 saturated carbocycles. The molecule has 0 amide bonds. The van der Waals surface area contributed by atoms with Crippen molar-refractivity contribution < 1.29 is 14.3 Å². The van der Waals surface area contributed by atoms with Gasteiger partial charge in [0.2, 0.25) is 0 Å². The second-order valence-electron chi connectivity index (χ2n) is 6.81. The molecule has 4 nitrogen and oxygen atoms in total. The maximum atomic E-state index is 12.8. The first-order chi connectivity index (χ1) is 11.9. The highest BCUT2D eigenvalue weighted by Crippen LogP contribution is 2.44. The fraction of sp³-hybridized carbons (Fsp3) is 0.400. The van der Waals surface area contributed by atoms with Crippen molar-refractivity contribution in [2.24, 2.45) is 5.92 Å². The Morgan fingerprint density at radius 2 is 1.96 bits per heavy atom. The van der Waals surface area contributed by atoms with E-state index in [-0.39, 0.29) is 23.8 Å². The van der Waals surface area contributed by atoms with E-state index in [4.69, 9.17) is 16.3 Å². The summed E-state index contributed by atoms with van der Waals surface area (Å²) in [5.74, 6) is -1.30. The van der Waals surface area contributed by atoms with Gasteiger partial charge in [0.15, 0.2) is 5.78 Å². The third-order valence-corrected chi connectivity index (χ3v) is 4.87. The summed E-state index contributed by atoms with van der Waals surface area (Å²) >= 11 is 6.01. The first-order valence-corrected chi connectivity index (χ1v) is 8.94. The topological polar surface area (TPSA) is 55.4 Å². The van der Waals surface area contributed by atoms with Gasteiger partial charge < -0.3 is 10.1 Å². The number of ether oxygens (including phenoxy) is 1. The van der Waals surface area contributed by atoms with Crippen molar-refractivity contribution in [1.29, 1.82) is 0 Å². The maximum absolute atomic E-state index is 12.8. The molecule has 1 heterocycles. The number of rotatable bonds is 3. The summed E-state index contributed by atoms with van der Waals surface area (Å²) in [5, 5.41) is 3.81. The fourth-order valence-electron chi connectivity index (χ4n) is 3.61. The van der Waals surface area contributed by atoms with Gasteiger partial charge in [-0.25, -0.2) is 0 Å². The highest BCUT2D eigenvalue weighted by atomic mass is 35.5. The lowest BCUT2D eigenvalue weighted by Crippen LogP contribution is -2.41. The Labute approximate surface area is 152 Å². The van der Waals surface area contributed by atoms with E-state index in [0.717, 1.165) is 24.1 Å². The van der Waals surface area contributed by atoms with E-state index in [1.165, 1.54) is 0 Å². The number of hydrogen-bond donors (Lipinski definition) is 1. The molecule has 0 bridgehead atoms. The first kappa shape index (κ1) is 17.7. The van der Waals surface area contributed by atoms with Crippen molar-refractivity contribution >= 4 is 23.4 Å². The number of carbonyl (C=O) groups is 2. The second-order valence-corrected chi connectivity index (χ2v) is 7.25. The summed E-state index contributed by atoms with van der Waals surface area (Å²) in [4.78, 5) is 25.4. The Morgan fingerprint density at radius 1 is 1.28 bits per heavy atom. The lowest BCUT2D eigenvalue weighted by Gasteiger charge is -2.38. The molecule has 25 heavy (non-hydrogen) atoms. The lowest BCUT2D eigenvalue weighted by atomic mass is 9.71. The van der Waals surface area contributed by atoms with Gasteiger partial charge in [0.25, 0.3) is 0 Å². The molecule has 1 aliphatic carbocycles. The quantitative estimate of drug-likeness (QED) is 0.825. The van der Waals surface area contributed by atoms with E-state index in [2.05, 4.69) is 11.9 Å². The van der Waals surface area contributed by atoms with Crippen LogP contribution >= 0.6 is 11.6 Å². The SMILES string of the molecule is C=C1NC2=C(C(=O)CCC2)C(c2ccc(Cl)cc2)C1C(=O)OC(C)C. The van der Waals surface area contributed by atoms with Crippen LogP contribution in [0.15, 0.2) is 47.8 Å². The number of Topliss-reactive ketones (excluding diaryl/α,β-unsaturated/α-hetero) is 1. The molecule has 0 saturated heterocycles. The molecule has 1 N–H and O–H groups in total. The van der Waals surface area contributed by atoms with Crippen molar-refractivity contribution in [2.75, 3.05) is 0 Å². The first-order valence-electron chi connectivity index (χ1n) is 8.56. The standard InChI is InChI=1S/C20H22ClNO3/c1-11(2)25-20(24)17-12(3)22-15-5-4-6-16(23)19(15)18(17)13-7-9-14(21)10-8-13/h7-11,17-18,22H,3-6H2,1-2H3. The molecule has 132 valence electrons. The highest BCUT2D eigenvalue weighted by Gasteiger charge is 2.43. The van der Waals surface area contributed by atoms with Gasteiger partial charge in [-0.15, -0.1) is 0 Å². The minimum absolute atomic E-state index is 0.0866. The Bertz CT molecular complexity index is 749. The number of allylic oxidation sites excluding steroid dienone is 2. The zero-order valence-electron chi connectivity index (χ0n) is 14.5. The van der Waals surface area contributed by atoms with Gasteiger partial charge in [0, 0.05) is 34.3 Å². The van der Waals surface area contributed by atoms with Gasteiger partial charge >= 0.3 is 5.97 Å². The van der Waals surface area contributed by atoms with Crippen molar-refractivity contribution in [3.63, 3.8) is 0 Å². The fourth-order valence-corrected chi connectivity index (χ4v) is 3.73. The van der Waals surface area contributed by atoms with Gasteiger partial charge in [0.1, 0.15) is 5.92 Å². The molecular formula is C20H22ClNO3. The van der Waals surface area contributed by atoms with Crippen LogP contribution in [0.1, 0.15) is 44.6 Å². The average Bonchev–Trinajstić information content (AvgIpc) is 2.53. The van der Waals surface area contributed by atoms with E-state index in [9.17, 15) is 9.59 Å². The van der Waals surface area contributed by atoms with Crippen LogP contribution in [0.5, 0.6) is 0 Å². The number of benzene rings is 1. The minimum atomic E-state index is -0.635. The van der Waals surface area contributed by atoms with Crippen molar-refractivity contribution in [3.05, 3.63) is 58.4 Å². The normalized spacial score (nSPS) is 23.4. The summed E-state index contributed by atoms with van der Waals surface area (Å²) in [5.41, 5.74) is 3.03. The molecular weight excluding hydrogens is 338 g/mol. The van der Waals surface area contributed by atoms with Crippen molar-refractivity contribution in [3.8, 4) is 0 Å². The number of nitrogens with one attached hydrogen (secondary N) is 1. The molecule has 0 radical (unpaired) electrons. The van der Waals surface area contributed by atoms with Crippen LogP contribution in [0, 0.1) is 5.92 Å². The Balaban J connectivity index is 2.11. The molecule has 3 rings (SSSR count). The van der Waals surface area contributed by atoms with E-state index in [1.54, 1.807) is 12.1 Å². The number of ketones is 1. The zero-order chi connectivity index (χ0) is 18.1. The Kier molecular flexibility index (Phi) is 5.00. The van der Waals surface area contributed by atoms with Gasteiger partial charge in [-0.3, -0.25) is 9.59 Å². The molecule has 2 unspecified atom stereocenters. The predicted molar refractivity (Wildman–Crippen MR) is 97.1 cm³/mol. The third-order valence-electron chi connectivity index (χ3n) is 4.62. The van der Waals surface area contributed by atoms with Crippen LogP contribution in [-0.2, 0) is 14.3 Å². The van der Waals surface area contributed by atoms with Crippen LogP contribution in [0.25, 0.3) is 0 Å². The van der Waals surface area contributed by atoms with Crippen LogP contribution < -0.4 is 5.32 Å². The predicted octanol–water partition coefficient (Wildman–Crippen LogP) is 4.12. The molecule has 2 atom stereocenters. The summed E-state index contributed by atoms with van der Waals surface area (Å²) in [6.45, 7) is 7.67. The van der Waals surface area contributed by atoms with Crippen molar-refractivity contribution in [2.45, 2.75) is 45.1 Å². The van der Waals surface area contributed by atoms with E-state index >= 15 is 0 Å². The minimum Gasteiger partial charge on any atom is -0.462 e. The number of halogens is 1. The Morgan fingerprint density at radius 3 is 2.60 bits per heavy atom. The van der Waals surface area contributed by atoms with Crippen LogP contribution in [-0.4, -0.2) is 17.9 Å². The number of esters is 1. The maximum Gasteiger partial charge on any atom is 0.316 e. The van der Waals surface area contributed by atoms with E-state index in [1.807, 2.05) is 26.0 Å². The monoisotopic (exact) mass is 359 g/mol.